The Labute approximate surface area is 164 Å². The first kappa shape index (κ1) is 18.6. The maximum absolute atomic E-state index is 14.0. The summed E-state index contributed by atoms with van der Waals surface area (Å²) in [6.07, 6.45) is 0.150. The molecule has 0 aliphatic carbocycles. The van der Waals surface area contributed by atoms with E-state index in [2.05, 4.69) is 17.0 Å². The van der Waals surface area contributed by atoms with Crippen molar-refractivity contribution in [3.63, 3.8) is 0 Å². The number of hydrogen-bond acceptors (Lipinski definition) is 3. The molecule has 0 N–H and O–H groups in total. The molecular weight excluding hydrogens is 357 g/mol. The molecule has 0 radical (unpaired) electrons. The quantitative estimate of drug-likeness (QED) is 0.818. The third kappa shape index (κ3) is 3.92. The zero-order chi connectivity index (χ0) is 19.5. The van der Waals surface area contributed by atoms with Crippen LogP contribution in [0.4, 0.5) is 10.1 Å². The van der Waals surface area contributed by atoms with Crippen LogP contribution in [0, 0.1) is 11.7 Å². The molecule has 2 heterocycles. The Balaban J connectivity index is 1.33. The van der Waals surface area contributed by atoms with Crippen LogP contribution in [0.25, 0.3) is 0 Å². The van der Waals surface area contributed by atoms with Gasteiger partial charge in [0.05, 0.1) is 11.6 Å². The molecule has 1 atom stereocenters. The van der Waals surface area contributed by atoms with E-state index in [1.165, 1.54) is 16.5 Å². The average Bonchev–Trinajstić information content (AvgIpc) is 3.11. The lowest BCUT2D eigenvalue weighted by Gasteiger charge is -2.36. The van der Waals surface area contributed by atoms with Gasteiger partial charge in [-0.2, -0.15) is 0 Å². The minimum atomic E-state index is -0.432. The van der Waals surface area contributed by atoms with Crippen molar-refractivity contribution in [1.82, 2.24) is 9.80 Å². The number of carbonyl (C=O) groups is 2. The summed E-state index contributed by atoms with van der Waals surface area (Å²) in [6, 6.07) is 16.5. The van der Waals surface area contributed by atoms with E-state index in [-0.39, 0.29) is 30.5 Å². The second-order valence-corrected chi connectivity index (χ2v) is 7.44. The first-order valence-electron chi connectivity index (χ1n) is 9.72. The number of anilines is 1. The minimum Gasteiger partial charge on any atom is -0.340 e. The molecule has 2 amide bonds. The van der Waals surface area contributed by atoms with Crippen LogP contribution in [-0.2, 0) is 16.1 Å². The topological polar surface area (TPSA) is 43.9 Å². The highest BCUT2D eigenvalue weighted by Crippen LogP contribution is 2.28. The van der Waals surface area contributed by atoms with Crippen molar-refractivity contribution >= 4 is 17.5 Å². The van der Waals surface area contributed by atoms with Gasteiger partial charge in [-0.1, -0.05) is 42.5 Å². The first-order valence-corrected chi connectivity index (χ1v) is 9.72. The van der Waals surface area contributed by atoms with Gasteiger partial charge in [0.25, 0.3) is 0 Å². The summed E-state index contributed by atoms with van der Waals surface area (Å²) in [6.45, 7) is 4.09. The Bertz CT molecular complexity index is 850. The fraction of sp³-hybridized carbons (Fsp3) is 0.364. The Morgan fingerprint density at radius 3 is 2.36 bits per heavy atom. The SMILES string of the molecule is O=C(C1CC(=O)N(c2ccccc2F)C1)N1CCN(Cc2ccccc2)CC1. The maximum Gasteiger partial charge on any atom is 0.228 e. The van der Waals surface area contributed by atoms with Gasteiger partial charge in [0.2, 0.25) is 11.8 Å². The van der Waals surface area contributed by atoms with Gasteiger partial charge in [-0.15, -0.1) is 0 Å². The number of carbonyl (C=O) groups excluding carboxylic acids is 2. The van der Waals surface area contributed by atoms with Crippen molar-refractivity contribution < 1.29 is 14.0 Å². The molecular formula is C22H24FN3O2. The molecule has 28 heavy (non-hydrogen) atoms. The van der Waals surface area contributed by atoms with Crippen molar-refractivity contribution in [2.24, 2.45) is 5.92 Å². The monoisotopic (exact) mass is 381 g/mol. The van der Waals surface area contributed by atoms with Crippen molar-refractivity contribution in [2.45, 2.75) is 13.0 Å². The highest BCUT2D eigenvalue weighted by molar-refractivity contribution is 6.00. The summed E-state index contributed by atoms with van der Waals surface area (Å²) in [5, 5.41) is 0. The normalized spacial score (nSPS) is 20.6. The third-order valence-corrected chi connectivity index (χ3v) is 5.55. The fourth-order valence-corrected chi connectivity index (χ4v) is 4.00. The van der Waals surface area contributed by atoms with Gasteiger partial charge < -0.3 is 9.80 Å². The van der Waals surface area contributed by atoms with Gasteiger partial charge in [-0.05, 0) is 17.7 Å². The summed E-state index contributed by atoms with van der Waals surface area (Å²) in [5.74, 6) is -1.01. The number of halogens is 1. The summed E-state index contributed by atoms with van der Waals surface area (Å²) in [5.41, 5.74) is 1.53. The van der Waals surface area contributed by atoms with E-state index in [1.807, 2.05) is 23.1 Å². The van der Waals surface area contributed by atoms with E-state index in [1.54, 1.807) is 18.2 Å². The molecule has 2 aromatic carbocycles. The number of rotatable bonds is 4. The summed E-state index contributed by atoms with van der Waals surface area (Å²) in [7, 11) is 0. The van der Waals surface area contributed by atoms with Gasteiger partial charge in [0.1, 0.15) is 5.82 Å². The van der Waals surface area contributed by atoms with E-state index in [4.69, 9.17) is 0 Å². The van der Waals surface area contributed by atoms with Gasteiger partial charge in [-0.25, -0.2) is 4.39 Å². The van der Waals surface area contributed by atoms with Crippen LogP contribution in [0.15, 0.2) is 54.6 Å². The van der Waals surface area contributed by atoms with E-state index < -0.39 is 11.7 Å². The number of hydrogen-bond donors (Lipinski definition) is 0. The van der Waals surface area contributed by atoms with Gasteiger partial charge in [-0.3, -0.25) is 14.5 Å². The second kappa shape index (κ2) is 8.10. The number of nitrogens with zero attached hydrogens (tertiary/aromatic N) is 3. The van der Waals surface area contributed by atoms with Crippen molar-refractivity contribution in [3.05, 3.63) is 66.0 Å². The molecule has 2 aromatic rings. The lowest BCUT2D eigenvalue weighted by Crippen LogP contribution is -2.50. The number of para-hydroxylation sites is 1. The largest absolute Gasteiger partial charge is 0.340 e. The van der Waals surface area contributed by atoms with Crippen LogP contribution in [0.1, 0.15) is 12.0 Å². The maximum atomic E-state index is 14.0. The fourth-order valence-electron chi connectivity index (χ4n) is 4.00. The van der Waals surface area contributed by atoms with Crippen LogP contribution in [-0.4, -0.2) is 54.3 Å². The molecule has 0 spiro atoms. The number of piperazine rings is 1. The van der Waals surface area contributed by atoms with Crippen LogP contribution in [0.2, 0.25) is 0 Å². The van der Waals surface area contributed by atoms with Gasteiger partial charge in [0, 0.05) is 45.7 Å². The molecule has 4 rings (SSSR count). The van der Waals surface area contributed by atoms with Crippen LogP contribution >= 0.6 is 0 Å². The van der Waals surface area contributed by atoms with E-state index in [0.29, 0.717) is 13.1 Å². The number of amides is 2. The molecule has 6 heteroatoms. The smallest absolute Gasteiger partial charge is 0.228 e. The highest BCUT2D eigenvalue weighted by atomic mass is 19.1. The Morgan fingerprint density at radius 1 is 0.964 bits per heavy atom. The van der Waals surface area contributed by atoms with E-state index in [0.717, 1.165) is 19.6 Å². The lowest BCUT2D eigenvalue weighted by molar-refractivity contribution is -0.137. The third-order valence-electron chi connectivity index (χ3n) is 5.55. The van der Waals surface area contributed by atoms with Crippen LogP contribution in [0.5, 0.6) is 0 Å². The average molecular weight is 381 g/mol. The number of benzene rings is 2. The minimum absolute atomic E-state index is 0.00607. The molecule has 2 aliphatic heterocycles. The summed E-state index contributed by atoms with van der Waals surface area (Å²) in [4.78, 5) is 30.9. The van der Waals surface area contributed by atoms with E-state index in [9.17, 15) is 14.0 Å². The Kier molecular flexibility index (Phi) is 5.39. The second-order valence-electron chi connectivity index (χ2n) is 7.44. The molecule has 0 aromatic heterocycles. The molecule has 0 bridgehead atoms. The predicted molar refractivity (Wildman–Crippen MR) is 105 cm³/mol. The lowest BCUT2D eigenvalue weighted by atomic mass is 10.1. The first-order chi connectivity index (χ1) is 13.6. The summed E-state index contributed by atoms with van der Waals surface area (Å²) < 4.78 is 14.0. The Morgan fingerprint density at radius 2 is 1.64 bits per heavy atom. The predicted octanol–water partition coefficient (Wildman–Crippen LogP) is 2.52. The zero-order valence-corrected chi connectivity index (χ0v) is 15.8. The zero-order valence-electron chi connectivity index (χ0n) is 15.8. The molecule has 5 nitrogen and oxygen atoms in total. The van der Waals surface area contributed by atoms with Crippen molar-refractivity contribution in [3.8, 4) is 0 Å². The van der Waals surface area contributed by atoms with Crippen LogP contribution in [0.3, 0.4) is 0 Å². The van der Waals surface area contributed by atoms with Gasteiger partial charge >= 0.3 is 0 Å². The molecule has 0 saturated carbocycles. The standard InChI is InChI=1S/C22H24FN3O2/c23-19-8-4-5-9-20(19)26-16-18(14-21(26)27)22(28)25-12-10-24(11-13-25)15-17-6-2-1-3-7-17/h1-9,18H,10-16H2. The molecule has 2 fully saturated rings. The summed E-state index contributed by atoms with van der Waals surface area (Å²) >= 11 is 0. The molecule has 146 valence electrons. The Hall–Kier alpha value is -2.73. The molecule has 2 saturated heterocycles. The van der Waals surface area contributed by atoms with Crippen LogP contribution < -0.4 is 4.90 Å². The van der Waals surface area contributed by atoms with Crippen molar-refractivity contribution in [2.75, 3.05) is 37.6 Å². The molecule has 2 aliphatic rings. The van der Waals surface area contributed by atoms with Crippen molar-refractivity contribution in [1.29, 1.82) is 0 Å². The molecule has 1 unspecified atom stereocenters. The van der Waals surface area contributed by atoms with E-state index >= 15 is 0 Å². The van der Waals surface area contributed by atoms with Gasteiger partial charge in [0.15, 0.2) is 0 Å². The highest BCUT2D eigenvalue weighted by Gasteiger charge is 2.38.